The second kappa shape index (κ2) is 8.45. The zero-order valence-corrected chi connectivity index (χ0v) is 17.5. The van der Waals surface area contributed by atoms with Gasteiger partial charge in [-0.15, -0.1) is 23.1 Å². The Morgan fingerprint density at radius 3 is 2.50 bits per heavy atom. The third-order valence-corrected chi connectivity index (χ3v) is 7.32. The summed E-state index contributed by atoms with van der Waals surface area (Å²) in [7, 11) is 3.25. The molecule has 0 atom stereocenters. The summed E-state index contributed by atoms with van der Waals surface area (Å²) in [5.41, 5.74) is 0.979. The Morgan fingerprint density at radius 2 is 1.82 bits per heavy atom. The van der Waals surface area contributed by atoms with E-state index in [-0.39, 0.29) is 12.6 Å². The minimum absolute atomic E-state index is 0.271. The molecule has 4 rings (SSSR count). The predicted octanol–water partition coefficient (Wildman–Crippen LogP) is 5.78. The van der Waals surface area contributed by atoms with Gasteiger partial charge in [0.2, 0.25) is 0 Å². The van der Waals surface area contributed by atoms with Gasteiger partial charge in [0.1, 0.15) is 11.5 Å². The minimum atomic E-state index is -0.277. The van der Waals surface area contributed by atoms with Crippen molar-refractivity contribution in [1.29, 1.82) is 0 Å². The van der Waals surface area contributed by atoms with Crippen LogP contribution in [0.4, 0.5) is 0 Å². The molecule has 1 fully saturated rings. The van der Waals surface area contributed by atoms with Crippen molar-refractivity contribution in [3.63, 3.8) is 0 Å². The summed E-state index contributed by atoms with van der Waals surface area (Å²) in [6.45, 7) is 0.271. The van der Waals surface area contributed by atoms with Crippen molar-refractivity contribution in [2.24, 2.45) is 5.92 Å². The zero-order chi connectivity index (χ0) is 19.5. The molecule has 0 unspecified atom stereocenters. The highest BCUT2D eigenvalue weighted by Gasteiger charge is 2.26. The molecule has 1 saturated carbocycles. The second-order valence-electron chi connectivity index (χ2n) is 6.78. The highest BCUT2D eigenvalue weighted by atomic mass is 32.2. The fraction of sp³-hybridized carbons (Fsp3) is 0.318. The van der Waals surface area contributed by atoms with Crippen LogP contribution < -0.4 is 9.47 Å². The van der Waals surface area contributed by atoms with Crippen LogP contribution in [0.25, 0.3) is 10.1 Å². The number of fused-ring (bicyclic) bond motifs is 1. The molecular weight excluding hydrogens is 392 g/mol. The quantitative estimate of drug-likeness (QED) is 0.345. The van der Waals surface area contributed by atoms with Crippen molar-refractivity contribution in [2.75, 3.05) is 20.0 Å². The largest absolute Gasteiger partial charge is 0.493 e. The van der Waals surface area contributed by atoms with Crippen molar-refractivity contribution < 1.29 is 19.0 Å². The number of ether oxygens (including phenoxy) is 3. The van der Waals surface area contributed by atoms with Crippen LogP contribution in [-0.2, 0) is 11.3 Å². The molecule has 6 heteroatoms. The van der Waals surface area contributed by atoms with E-state index in [1.807, 2.05) is 42.5 Å². The van der Waals surface area contributed by atoms with E-state index < -0.39 is 0 Å². The number of benzene rings is 2. The van der Waals surface area contributed by atoms with Gasteiger partial charge in [0.05, 0.1) is 14.2 Å². The summed E-state index contributed by atoms with van der Waals surface area (Å²) in [5, 5.41) is 1.03. The van der Waals surface area contributed by atoms with Crippen molar-refractivity contribution in [1.82, 2.24) is 0 Å². The maximum atomic E-state index is 12.9. The first kappa shape index (κ1) is 19.2. The van der Waals surface area contributed by atoms with E-state index in [2.05, 4.69) is 0 Å². The van der Waals surface area contributed by atoms with Crippen molar-refractivity contribution in [3.05, 3.63) is 52.9 Å². The first-order chi connectivity index (χ1) is 13.7. The Kier molecular flexibility index (Phi) is 5.78. The first-order valence-electron chi connectivity index (χ1n) is 9.22. The lowest BCUT2D eigenvalue weighted by atomic mass is 10.2. The van der Waals surface area contributed by atoms with Gasteiger partial charge >= 0.3 is 5.97 Å². The SMILES string of the molecule is COc1cc2sc(C(=O)OCc3ccccc3)c(SCC3CC3)c2cc1OC. The maximum Gasteiger partial charge on any atom is 0.349 e. The van der Waals surface area contributed by atoms with Crippen LogP contribution in [-0.4, -0.2) is 25.9 Å². The molecule has 1 heterocycles. The van der Waals surface area contributed by atoms with Gasteiger partial charge in [0, 0.05) is 26.8 Å². The number of hydrogen-bond donors (Lipinski definition) is 0. The Balaban J connectivity index is 1.66. The van der Waals surface area contributed by atoms with E-state index in [1.165, 1.54) is 24.2 Å². The number of carbonyl (C=O) groups is 1. The summed E-state index contributed by atoms with van der Waals surface area (Å²) >= 11 is 3.21. The molecule has 146 valence electrons. The van der Waals surface area contributed by atoms with Gasteiger partial charge in [-0.05, 0) is 30.4 Å². The van der Waals surface area contributed by atoms with Crippen LogP contribution in [0, 0.1) is 5.92 Å². The molecule has 0 bridgehead atoms. The van der Waals surface area contributed by atoms with Gasteiger partial charge in [-0.3, -0.25) is 0 Å². The highest BCUT2D eigenvalue weighted by Crippen LogP contribution is 2.45. The Labute approximate surface area is 172 Å². The van der Waals surface area contributed by atoms with Crippen molar-refractivity contribution in [2.45, 2.75) is 24.3 Å². The van der Waals surface area contributed by atoms with Gasteiger partial charge in [0.25, 0.3) is 0 Å². The number of thiophene rings is 1. The molecule has 28 heavy (non-hydrogen) atoms. The zero-order valence-electron chi connectivity index (χ0n) is 15.9. The molecule has 4 nitrogen and oxygen atoms in total. The third-order valence-electron chi connectivity index (χ3n) is 4.71. The van der Waals surface area contributed by atoms with Crippen LogP contribution in [0.15, 0.2) is 47.4 Å². The average Bonchev–Trinajstić information content (AvgIpc) is 3.50. The summed E-state index contributed by atoms with van der Waals surface area (Å²) in [4.78, 5) is 14.5. The standard InChI is InChI=1S/C22H22O4S2/c1-24-17-10-16-19(11-18(17)25-2)28-21(20(16)27-13-15-8-9-15)22(23)26-12-14-6-4-3-5-7-14/h3-7,10-11,15H,8-9,12-13H2,1-2H3. The Morgan fingerprint density at radius 1 is 1.11 bits per heavy atom. The lowest BCUT2D eigenvalue weighted by Crippen LogP contribution is -2.04. The van der Waals surface area contributed by atoms with E-state index in [4.69, 9.17) is 14.2 Å². The Bertz CT molecular complexity index is 977. The highest BCUT2D eigenvalue weighted by molar-refractivity contribution is 7.99. The first-order valence-corrected chi connectivity index (χ1v) is 11.0. The number of rotatable bonds is 8. The molecule has 0 aliphatic heterocycles. The van der Waals surface area contributed by atoms with Gasteiger partial charge in [-0.2, -0.15) is 0 Å². The molecule has 0 saturated heterocycles. The molecule has 0 spiro atoms. The smallest absolute Gasteiger partial charge is 0.349 e. The van der Waals surface area contributed by atoms with Gasteiger partial charge in [-0.1, -0.05) is 30.3 Å². The van der Waals surface area contributed by atoms with Gasteiger partial charge in [-0.25, -0.2) is 4.79 Å². The van der Waals surface area contributed by atoms with Crippen molar-refractivity contribution >= 4 is 39.2 Å². The number of thioether (sulfide) groups is 1. The molecule has 0 amide bonds. The van der Waals surface area contributed by atoms with Gasteiger partial charge in [0.15, 0.2) is 11.5 Å². The summed E-state index contributed by atoms with van der Waals surface area (Å²) in [6.07, 6.45) is 2.56. The van der Waals surface area contributed by atoms with E-state index in [9.17, 15) is 4.79 Å². The molecule has 2 aromatic carbocycles. The molecule has 3 aromatic rings. The number of methoxy groups -OCH3 is 2. The lowest BCUT2D eigenvalue weighted by Gasteiger charge is -2.08. The summed E-state index contributed by atoms with van der Waals surface area (Å²) < 4.78 is 17.5. The van der Waals surface area contributed by atoms with E-state index in [0.29, 0.717) is 16.4 Å². The third kappa shape index (κ3) is 4.13. The van der Waals surface area contributed by atoms with Crippen LogP contribution in [0.1, 0.15) is 28.1 Å². The molecule has 0 N–H and O–H groups in total. The van der Waals surface area contributed by atoms with E-state index in [1.54, 1.807) is 26.0 Å². The average molecular weight is 415 g/mol. The fourth-order valence-corrected chi connectivity index (χ4v) is 5.60. The lowest BCUT2D eigenvalue weighted by molar-refractivity contribution is 0.0475. The van der Waals surface area contributed by atoms with Gasteiger partial charge < -0.3 is 14.2 Å². The van der Waals surface area contributed by atoms with Crippen LogP contribution in [0.3, 0.4) is 0 Å². The number of esters is 1. The monoisotopic (exact) mass is 414 g/mol. The van der Waals surface area contributed by atoms with Crippen molar-refractivity contribution in [3.8, 4) is 11.5 Å². The topological polar surface area (TPSA) is 44.8 Å². The molecule has 0 radical (unpaired) electrons. The normalized spacial score (nSPS) is 13.5. The summed E-state index contributed by atoms with van der Waals surface area (Å²) in [5.74, 6) is 2.85. The Hall–Kier alpha value is -2.18. The van der Waals surface area contributed by atoms with Crippen LogP contribution >= 0.6 is 23.1 Å². The maximum absolute atomic E-state index is 12.9. The summed E-state index contributed by atoms with van der Waals surface area (Å²) in [6, 6.07) is 13.6. The number of hydrogen-bond acceptors (Lipinski definition) is 6. The molecule has 1 aliphatic carbocycles. The molecular formula is C22H22O4S2. The second-order valence-corrected chi connectivity index (χ2v) is 8.86. The minimum Gasteiger partial charge on any atom is -0.493 e. The van der Waals surface area contributed by atoms with Crippen LogP contribution in [0.2, 0.25) is 0 Å². The fourth-order valence-electron chi connectivity index (χ4n) is 2.95. The molecule has 1 aliphatic rings. The van der Waals surface area contributed by atoms with Crippen LogP contribution in [0.5, 0.6) is 11.5 Å². The van der Waals surface area contributed by atoms with E-state index in [0.717, 1.165) is 32.2 Å². The van der Waals surface area contributed by atoms with E-state index >= 15 is 0 Å². The molecule has 1 aromatic heterocycles. The number of carbonyl (C=O) groups excluding carboxylic acids is 1. The predicted molar refractivity (Wildman–Crippen MR) is 114 cm³/mol.